The first-order valence-electron chi connectivity index (χ1n) is 5.48. The van der Waals surface area contributed by atoms with Gasteiger partial charge in [-0.3, -0.25) is 20.2 Å². The van der Waals surface area contributed by atoms with Crippen LogP contribution in [-0.2, 0) is 0 Å². The summed E-state index contributed by atoms with van der Waals surface area (Å²) in [6, 6.07) is 7.42. The van der Waals surface area contributed by atoms with E-state index < -0.39 is 15.6 Å². The van der Waals surface area contributed by atoms with Gasteiger partial charge in [-0.05, 0) is 12.1 Å². The van der Waals surface area contributed by atoms with Crippen molar-refractivity contribution in [2.75, 3.05) is 0 Å². The van der Waals surface area contributed by atoms with Crippen molar-refractivity contribution in [1.82, 2.24) is 0 Å². The van der Waals surface area contributed by atoms with Crippen molar-refractivity contribution >= 4 is 34.6 Å². The van der Waals surface area contributed by atoms with Gasteiger partial charge in [0.1, 0.15) is 5.75 Å². The first-order valence-corrected chi connectivity index (χ1v) is 6.24. The molecule has 8 nitrogen and oxygen atoms in total. The Labute approximate surface area is 133 Å². The van der Waals surface area contributed by atoms with Crippen LogP contribution in [0.25, 0.3) is 0 Å². The van der Waals surface area contributed by atoms with Crippen LogP contribution in [0.4, 0.5) is 11.4 Å². The monoisotopic (exact) mass is 346 g/mol. The molecule has 0 bridgehead atoms. The highest BCUT2D eigenvalue weighted by atomic mass is 35.5. The fraction of sp³-hybridized carbons (Fsp3) is 0. The summed E-state index contributed by atoms with van der Waals surface area (Å²) in [6.07, 6.45) is 0. The maximum atomic E-state index is 10.2. The largest absolute Gasteiger partial charge is 0.506 e. The van der Waals surface area contributed by atoms with Gasteiger partial charge in [0.25, 0.3) is 5.69 Å². The van der Waals surface area contributed by atoms with E-state index in [4.69, 9.17) is 33.4 Å². The van der Waals surface area contributed by atoms with E-state index in [1.807, 2.05) is 0 Å². The number of aromatic hydroxyl groups is 2. The zero-order valence-corrected chi connectivity index (χ0v) is 12.2. The van der Waals surface area contributed by atoms with Crippen LogP contribution >= 0.6 is 23.2 Å². The van der Waals surface area contributed by atoms with Gasteiger partial charge in [0.05, 0.1) is 19.9 Å². The lowest BCUT2D eigenvalue weighted by Gasteiger charge is -1.95. The smallest absolute Gasteiger partial charge is 0.312 e. The summed E-state index contributed by atoms with van der Waals surface area (Å²) in [4.78, 5) is 19.0. The third-order valence-corrected chi connectivity index (χ3v) is 2.91. The van der Waals surface area contributed by atoms with Gasteiger partial charge in [0, 0.05) is 18.2 Å². The van der Waals surface area contributed by atoms with Gasteiger partial charge < -0.3 is 10.2 Å². The molecule has 116 valence electrons. The first-order chi connectivity index (χ1) is 10.2. The molecule has 10 heteroatoms. The zero-order valence-electron chi connectivity index (χ0n) is 10.6. The predicted molar refractivity (Wildman–Crippen MR) is 79.5 cm³/mol. The Morgan fingerprint density at radius 3 is 2.00 bits per heavy atom. The summed E-state index contributed by atoms with van der Waals surface area (Å²) in [5.74, 6) is -0.642. The van der Waals surface area contributed by atoms with E-state index in [-0.39, 0.29) is 27.2 Å². The fourth-order valence-corrected chi connectivity index (χ4v) is 1.60. The van der Waals surface area contributed by atoms with Crippen LogP contribution < -0.4 is 0 Å². The standard InChI is InChI=1S/2C6H4ClNO3/c7-5-3-4(8(10)11)1-2-6(5)9;7-4-2-1-3-5(6(4)9)8(10)11/h2*1-3,9H. The van der Waals surface area contributed by atoms with E-state index in [1.54, 1.807) is 0 Å². The number of halogens is 2. The van der Waals surface area contributed by atoms with Gasteiger partial charge in [0.15, 0.2) is 0 Å². The number of nitro benzene ring substituents is 2. The molecule has 0 aromatic heterocycles. The lowest BCUT2D eigenvalue weighted by Crippen LogP contribution is -1.87. The predicted octanol–water partition coefficient (Wildman–Crippen LogP) is 3.91. The molecule has 2 rings (SSSR count). The molecule has 0 aliphatic heterocycles. The summed E-state index contributed by atoms with van der Waals surface area (Å²) in [5.41, 5.74) is -0.509. The molecule has 0 atom stereocenters. The molecule has 0 fully saturated rings. The zero-order chi connectivity index (χ0) is 16.9. The summed E-state index contributed by atoms with van der Waals surface area (Å²) in [5, 5.41) is 38.1. The van der Waals surface area contributed by atoms with Gasteiger partial charge in [-0.15, -0.1) is 0 Å². The Morgan fingerprint density at radius 1 is 0.909 bits per heavy atom. The Kier molecular flexibility index (Phi) is 5.90. The Morgan fingerprint density at radius 2 is 1.55 bits per heavy atom. The molecule has 0 spiro atoms. The minimum absolute atomic E-state index is 0.0146. The van der Waals surface area contributed by atoms with Crippen LogP contribution in [-0.4, -0.2) is 20.1 Å². The molecule has 0 unspecified atom stereocenters. The van der Waals surface area contributed by atoms with Crippen molar-refractivity contribution < 1.29 is 20.1 Å². The van der Waals surface area contributed by atoms with Crippen molar-refractivity contribution in [2.24, 2.45) is 0 Å². The van der Waals surface area contributed by atoms with Crippen molar-refractivity contribution in [3.8, 4) is 11.5 Å². The Hall–Kier alpha value is -2.58. The molecule has 2 N–H and O–H groups in total. The maximum absolute atomic E-state index is 10.2. The molecular weight excluding hydrogens is 339 g/mol. The number of phenolic OH excluding ortho intramolecular Hbond substituents is 2. The molecule has 0 saturated carbocycles. The van der Waals surface area contributed by atoms with E-state index in [0.29, 0.717) is 0 Å². The maximum Gasteiger partial charge on any atom is 0.312 e. The number of phenols is 2. The van der Waals surface area contributed by atoms with Gasteiger partial charge in [0.2, 0.25) is 5.75 Å². The average molecular weight is 347 g/mol. The molecule has 0 heterocycles. The Balaban J connectivity index is 0.000000220. The molecule has 0 saturated heterocycles. The van der Waals surface area contributed by atoms with E-state index >= 15 is 0 Å². The summed E-state index contributed by atoms with van der Waals surface area (Å²) >= 11 is 10.8. The summed E-state index contributed by atoms with van der Waals surface area (Å²) in [6.45, 7) is 0. The SMILES string of the molecule is O=[N+]([O-])c1ccc(O)c(Cl)c1.O=[N+]([O-])c1cccc(Cl)c1O. The van der Waals surface area contributed by atoms with E-state index in [2.05, 4.69) is 0 Å². The molecule has 0 aliphatic rings. The van der Waals surface area contributed by atoms with Crippen molar-refractivity contribution in [1.29, 1.82) is 0 Å². The van der Waals surface area contributed by atoms with Gasteiger partial charge in [-0.25, -0.2) is 0 Å². The number of rotatable bonds is 2. The molecule has 0 amide bonds. The summed E-state index contributed by atoms with van der Waals surface area (Å²) < 4.78 is 0. The van der Waals surface area contributed by atoms with Crippen LogP contribution in [0.2, 0.25) is 10.0 Å². The number of benzene rings is 2. The molecule has 0 radical (unpaired) electrons. The summed E-state index contributed by atoms with van der Waals surface area (Å²) in [7, 11) is 0. The number of non-ortho nitro benzene ring substituents is 1. The van der Waals surface area contributed by atoms with Crippen LogP contribution in [0.5, 0.6) is 11.5 Å². The second kappa shape index (κ2) is 7.43. The van der Waals surface area contributed by atoms with Gasteiger partial charge >= 0.3 is 5.69 Å². The number of hydrogen-bond donors (Lipinski definition) is 2. The van der Waals surface area contributed by atoms with Crippen LogP contribution in [0, 0.1) is 20.2 Å². The number of hydrogen-bond acceptors (Lipinski definition) is 6. The molecular formula is C12H8Cl2N2O6. The van der Waals surface area contributed by atoms with E-state index in [0.717, 1.165) is 6.07 Å². The molecule has 2 aromatic carbocycles. The van der Waals surface area contributed by atoms with E-state index in [1.165, 1.54) is 30.3 Å². The Bertz CT molecular complexity index is 723. The average Bonchev–Trinajstić information content (AvgIpc) is 2.45. The second-order valence-electron chi connectivity index (χ2n) is 3.76. The lowest BCUT2D eigenvalue weighted by molar-refractivity contribution is -0.385. The number of nitrogens with zero attached hydrogens (tertiary/aromatic N) is 2. The first kappa shape index (κ1) is 17.5. The molecule has 0 aliphatic carbocycles. The minimum Gasteiger partial charge on any atom is -0.506 e. The third-order valence-electron chi connectivity index (χ3n) is 2.30. The normalized spacial score (nSPS) is 9.55. The highest BCUT2D eigenvalue weighted by molar-refractivity contribution is 6.32. The van der Waals surface area contributed by atoms with Gasteiger partial charge in [-0.1, -0.05) is 29.3 Å². The number of para-hydroxylation sites is 1. The van der Waals surface area contributed by atoms with Crippen LogP contribution in [0.15, 0.2) is 36.4 Å². The van der Waals surface area contributed by atoms with Crippen molar-refractivity contribution in [3.05, 3.63) is 66.7 Å². The van der Waals surface area contributed by atoms with Gasteiger partial charge in [-0.2, -0.15) is 0 Å². The van der Waals surface area contributed by atoms with Crippen molar-refractivity contribution in [2.45, 2.75) is 0 Å². The fourth-order valence-electron chi connectivity index (χ4n) is 1.26. The molecule has 22 heavy (non-hydrogen) atoms. The third kappa shape index (κ3) is 4.47. The minimum atomic E-state index is -0.693. The highest BCUT2D eigenvalue weighted by Gasteiger charge is 2.14. The second-order valence-corrected chi connectivity index (χ2v) is 4.57. The van der Waals surface area contributed by atoms with E-state index in [9.17, 15) is 20.2 Å². The van der Waals surface area contributed by atoms with Crippen molar-refractivity contribution in [3.63, 3.8) is 0 Å². The topological polar surface area (TPSA) is 127 Å². The number of nitro groups is 2. The van der Waals surface area contributed by atoms with Crippen LogP contribution in [0.1, 0.15) is 0 Å². The molecule has 2 aromatic rings. The highest BCUT2D eigenvalue weighted by Crippen LogP contribution is 2.32. The lowest BCUT2D eigenvalue weighted by atomic mass is 10.3. The quantitative estimate of drug-likeness (QED) is 0.626. The van der Waals surface area contributed by atoms with Crippen LogP contribution in [0.3, 0.4) is 0 Å².